The van der Waals surface area contributed by atoms with E-state index in [0.29, 0.717) is 5.95 Å². The van der Waals surface area contributed by atoms with Gasteiger partial charge in [0.25, 0.3) is 0 Å². The zero-order valence-electron chi connectivity index (χ0n) is 9.32. The maximum absolute atomic E-state index is 5.58. The third kappa shape index (κ3) is 4.35. The Bertz CT molecular complexity index is 315. The minimum Gasteiger partial charge on any atom is -0.373 e. The molecule has 0 saturated heterocycles. The van der Waals surface area contributed by atoms with Crippen LogP contribution in [0.15, 0.2) is 11.1 Å². The molecule has 84 valence electrons. The molecule has 0 radical (unpaired) electrons. The number of hydrogen-bond acceptors (Lipinski definition) is 6. The van der Waals surface area contributed by atoms with Gasteiger partial charge in [-0.3, -0.25) is 0 Å². The Morgan fingerprint density at radius 1 is 1.47 bits per heavy atom. The Hall–Kier alpha value is -1.01. The summed E-state index contributed by atoms with van der Waals surface area (Å²) in [4.78, 5) is 10.3. The van der Waals surface area contributed by atoms with Gasteiger partial charge in [0, 0.05) is 25.4 Å². The molecular formula is C9H17N5S. The molecule has 0 fully saturated rings. The van der Waals surface area contributed by atoms with Gasteiger partial charge in [-0.1, -0.05) is 0 Å². The number of nitrogens with zero attached hydrogens (tertiary/aromatic N) is 3. The molecule has 0 spiro atoms. The lowest BCUT2D eigenvalue weighted by molar-refractivity contribution is 0.437. The smallest absolute Gasteiger partial charge is 0.223 e. The number of nitrogen functional groups attached to an aromatic ring is 1. The lowest BCUT2D eigenvalue weighted by Gasteiger charge is -2.09. The van der Waals surface area contributed by atoms with Crippen LogP contribution >= 0.6 is 11.8 Å². The molecule has 5 nitrogen and oxygen atoms in total. The summed E-state index contributed by atoms with van der Waals surface area (Å²) in [5.41, 5.74) is 5.58. The molecule has 0 atom stereocenters. The van der Waals surface area contributed by atoms with Crippen LogP contribution in [0.3, 0.4) is 0 Å². The number of rotatable bonds is 5. The molecule has 1 heterocycles. The molecule has 15 heavy (non-hydrogen) atoms. The van der Waals surface area contributed by atoms with Gasteiger partial charge in [-0.05, 0) is 14.1 Å². The fourth-order valence-electron chi connectivity index (χ4n) is 0.978. The van der Waals surface area contributed by atoms with Gasteiger partial charge in [0.05, 0.1) is 0 Å². The van der Waals surface area contributed by atoms with E-state index in [1.54, 1.807) is 11.8 Å². The molecule has 0 aliphatic rings. The van der Waals surface area contributed by atoms with Crippen LogP contribution in [-0.2, 0) is 0 Å². The zero-order chi connectivity index (χ0) is 11.3. The maximum Gasteiger partial charge on any atom is 0.223 e. The highest BCUT2D eigenvalue weighted by molar-refractivity contribution is 7.99. The van der Waals surface area contributed by atoms with Gasteiger partial charge >= 0.3 is 0 Å². The third-order valence-electron chi connectivity index (χ3n) is 1.76. The second-order valence-electron chi connectivity index (χ2n) is 3.35. The first-order valence-electron chi connectivity index (χ1n) is 4.71. The lowest BCUT2D eigenvalue weighted by Crippen LogP contribution is -2.14. The molecule has 0 aliphatic heterocycles. The number of nitrogens with two attached hydrogens (primary N) is 1. The first-order chi connectivity index (χ1) is 7.11. The van der Waals surface area contributed by atoms with Crippen molar-refractivity contribution in [3.8, 4) is 0 Å². The van der Waals surface area contributed by atoms with E-state index in [1.807, 2.05) is 27.2 Å². The van der Waals surface area contributed by atoms with Crippen molar-refractivity contribution >= 4 is 23.5 Å². The van der Waals surface area contributed by atoms with Crippen molar-refractivity contribution in [1.82, 2.24) is 14.9 Å². The first-order valence-corrected chi connectivity index (χ1v) is 5.70. The van der Waals surface area contributed by atoms with E-state index in [4.69, 9.17) is 5.73 Å². The van der Waals surface area contributed by atoms with Crippen molar-refractivity contribution in [2.75, 3.05) is 44.5 Å². The summed E-state index contributed by atoms with van der Waals surface area (Å²) in [6.45, 7) is 1.02. The van der Waals surface area contributed by atoms with Crippen LogP contribution in [-0.4, -0.2) is 48.3 Å². The highest BCUT2D eigenvalue weighted by Crippen LogP contribution is 2.18. The fourth-order valence-corrected chi connectivity index (χ4v) is 2.00. The molecule has 0 saturated carbocycles. The van der Waals surface area contributed by atoms with Crippen LogP contribution < -0.4 is 11.1 Å². The van der Waals surface area contributed by atoms with Crippen LogP contribution in [0.2, 0.25) is 0 Å². The minimum absolute atomic E-state index is 0.314. The molecule has 6 heteroatoms. The molecule has 3 N–H and O–H groups in total. The molecule has 0 aromatic carbocycles. The van der Waals surface area contributed by atoms with Crippen molar-refractivity contribution in [2.45, 2.75) is 5.03 Å². The van der Waals surface area contributed by atoms with Crippen LogP contribution in [0, 0.1) is 0 Å². The Morgan fingerprint density at radius 3 is 2.80 bits per heavy atom. The van der Waals surface area contributed by atoms with E-state index < -0.39 is 0 Å². The molecule has 0 aliphatic carbocycles. The van der Waals surface area contributed by atoms with Crippen molar-refractivity contribution < 1.29 is 0 Å². The Morgan fingerprint density at radius 2 is 2.20 bits per heavy atom. The van der Waals surface area contributed by atoms with Gasteiger partial charge in [-0.2, -0.15) is 4.98 Å². The first kappa shape index (κ1) is 12.1. The van der Waals surface area contributed by atoms with Crippen LogP contribution in [0.4, 0.5) is 11.8 Å². The number of anilines is 2. The van der Waals surface area contributed by atoms with E-state index in [2.05, 4.69) is 20.2 Å². The summed E-state index contributed by atoms with van der Waals surface area (Å²) in [6.07, 6.45) is 0. The van der Waals surface area contributed by atoms with E-state index in [-0.39, 0.29) is 0 Å². The SMILES string of the molecule is CNc1cc(SCCN(C)C)nc(N)n1. The topological polar surface area (TPSA) is 67.1 Å². The molecule has 0 amide bonds. The van der Waals surface area contributed by atoms with Gasteiger partial charge in [0.2, 0.25) is 5.95 Å². The van der Waals surface area contributed by atoms with Crippen molar-refractivity contribution in [3.63, 3.8) is 0 Å². The van der Waals surface area contributed by atoms with E-state index >= 15 is 0 Å². The van der Waals surface area contributed by atoms with Crippen molar-refractivity contribution in [2.24, 2.45) is 0 Å². The number of thioether (sulfide) groups is 1. The maximum atomic E-state index is 5.58. The fraction of sp³-hybridized carbons (Fsp3) is 0.556. The molecule has 1 rings (SSSR count). The molecule has 0 bridgehead atoms. The zero-order valence-corrected chi connectivity index (χ0v) is 10.1. The molecular weight excluding hydrogens is 210 g/mol. The second kappa shape index (κ2) is 5.77. The van der Waals surface area contributed by atoms with Gasteiger partial charge in [0.1, 0.15) is 10.8 Å². The molecule has 1 aromatic heterocycles. The van der Waals surface area contributed by atoms with Gasteiger partial charge in [-0.15, -0.1) is 11.8 Å². The Kier molecular flexibility index (Phi) is 4.64. The van der Waals surface area contributed by atoms with E-state index in [0.717, 1.165) is 23.1 Å². The number of aromatic nitrogens is 2. The third-order valence-corrected chi connectivity index (χ3v) is 2.66. The van der Waals surface area contributed by atoms with Crippen molar-refractivity contribution in [3.05, 3.63) is 6.07 Å². The summed E-state index contributed by atoms with van der Waals surface area (Å²) in [5, 5.41) is 3.86. The summed E-state index contributed by atoms with van der Waals surface area (Å²) in [7, 11) is 5.91. The largest absolute Gasteiger partial charge is 0.373 e. The Balaban J connectivity index is 2.56. The predicted molar refractivity (Wildman–Crippen MR) is 65.3 cm³/mol. The van der Waals surface area contributed by atoms with E-state index in [9.17, 15) is 0 Å². The van der Waals surface area contributed by atoms with Gasteiger partial charge in [-0.25, -0.2) is 4.98 Å². The molecule has 0 unspecified atom stereocenters. The monoisotopic (exact) mass is 227 g/mol. The van der Waals surface area contributed by atoms with E-state index in [1.165, 1.54) is 0 Å². The average Bonchev–Trinajstić information content (AvgIpc) is 2.16. The number of nitrogens with one attached hydrogen (secondary N) is 1. The van der Waals surface area contributed by atoms with Gasteiger partial charge in [0.15, 0.2) is 0 Å². The molecule has 1 aromatic rings. The predicted octanol–water partition coefficient (Wildman–Crippen LogP) is 0.754. The van der Waals surface area contributed by atoms with Crippen LogP contribution in [0.5, 0.6) is 0 Å². The summed E-state index contributed by atoms with van der Waals surface area (Å²) >= 11 is 1.68. The average molecular weight is 227 g/mol. The van der Waals surface area contributed by atoms with Gasteiger partial charge < -0.3 is 16.0 Å². The highest BCUT2D eigenvalue weighted by Gasteiger charge is 2.01. The normalized spacial score (nSPS) is 10.7. The van der Waals surface area contributed by atoms with Crippen LogP contribution in [0.1, 0.15) is 0 Å². The minimum atomic E-state index is 0.314. The number of hydrogen-bond donors (Lipinski definition) is 2. The van der Waals surface area contributed by atoms with Crippen LogP contribution in [0.25, 0.3) is 0 Å². The highest BCUT2D eigenvalue weighted by atomic mass is 32.2. The Labute approximate surface area is 94.5 Å². The second-order valence-corrected chi connectivity index (χ2v) is 4.47. The summed E-state index contributed by atoms with van der Waals surface area (Å²) in [5.74, 6) is 2.07. The lowest BCUT2D eigenvalue weighted by atomic mass is 10.6. The van der Waals surface area contributed by atoms with Crippen molar-refractivity contribution in [1.29, 1.82) is 0 Å². The quantitative estimate of drug-likeness (QED) is 0.571. The standard InChI is InChI=1S/C9H17N5S/c1-11-7-6-8(13-9(10)12-7)15-5-4-14(2)3/h6H,4-5H2,1-3H3,(H3,10,11,12,13). The summed E-state index contributed by atoms with van der Waals surface area (Å²) in [6, 6.07) is 1.90. The summed E-state index contributed by atoms with van der Waals surface area (Å²) < 4.78 is 0.